The van der Waals surface area contributed by atoms with Gasteiger partial charge in [0.1, 0.15) is 12.0 Å². The minimum absolute atomic E-state index is 0.377. The predicted octanol–water partition coefficient (Wildman–Crippen LogP) is 0.811. The van der Waals surface area contributed by atoms with Crippen molar-refractivity contribution >= 4 is 12.3 Å². The number of hydrogen-bond acceptors (Lipinski definition) is 4. The highest BCUT2D eigenvalue weighted by atomic mass is 16.5. The van der Waals surface area contributed by atoms with Crippen LogP contribution in [0, 0.1) is 0 Å². The molecule has 14 heavy (non-hydrogen) atoms. The van der Waals surface area contributed by atoms with Crippen LogP contribution in [0.4, 0.5) is 0 Å². The summed E-state index contributed by atoms with van der Waals surface area (Å²) < 4.78 is 4.81. The maximum atomic E-state index is 10.6. The molecule has 0 radical (unpaired) electrons. The summed E-state index contributed by atoms with van der Waals surface area (Å²) in [6, 6.07) is 5.87. The second-order valence-corrected chi connectivity index (χ2v) is 2.82. The second kappa shape index (κ2) is 4.53. The number of hydrogen-bond donors (Lipinski definition) is 1. The Bertz CT molecular complexity index is 332. The minimum Gasteiger partial charge on any atom is -0.427 e. The molecule has 0 aliphatic carbocycles. The van der Waals surface area contributed by atoms with Gasteiger partial charge in [0.15, 0.2) is 0 Å². The lowest BCUT2D eigenvalue weighted by Gasteiger charge is -2.05. The summed E-state index contributed by atoms with van der Waals surface area (Å²) in [6.07, 6.45) is 0.654. The van der Waals surface area contributed by atoms with E-state index in [0.29, 0.717) is 17.6 Å². The molecule has 4 heteroatoms. The number of benzene rings is 1. The molecule has 1 aromatic carbocycles. The summed E-state index contributed by atoms with van der Waals surface area (Å²) in [6.45, 7) is 1.32. The number of esters is 1. The van der Waals surface area contributed by atoms with Crippen molar-refractivity contribution in [1.29, 1.82) is 0 Å². The third-order valence-corrected chi connectivity index (χ3v) is 1.67. The van der Waals surface area contributed by atoms with Gasteiger partial charge in [0.25, 0.3) is 0 Å². The fourth-order valence-electron chi connectivity index (χ4n) is 1.00. The van der Waals surface area contributed by atoms with E-state index in [4.69, 9.17) is 10.5 Å². The van der Waals surface area contributed by atoms with Crippen LogP contribution < -0.4 is 10.5 Å². The van der Waals surface area contributed by atoms with Crippen LogP contribution in [-0.4, -0.2) is 12.3 Å². The lowest BCUT2D eigenvalue weighted by molar-refractivity contribution is -0.131. The smallest absolute Gasteiger partial charge is 0.308 e. The van der Waals surface area contributed by atoms with Crippen molar-refractivity contribution in [3.8, 4) is 5.75 Å². The van der Waals surface area contributed by atoms with Crippen LogP contribution in [0.1, 0.15) is 18.5 Å². The molecule has 0 aliphatic rings. The Kier molecular flexibility index (Phi) is 3.36. The number of rotatable bonds is 3. The van der Waals surface area contributed by atoms with Gasteiger partial charge in [-0.3, -0.25) is 4.79 Å². The van der Waals surface area contributed by atoms with Crippen molar-refractivity contribution in [2.45, 2.75) is 13.0 Å². The fraction of sp³-hybridized carbons (Fsp3) is 0.200. The molecule has 0 amide bonds. The van der Waals surface area contributed by atoms with Crippen LogP contribution in [0.25, 0.3) is 0 Å². The zero-order valence-electron chi connectivity index (χ0n) is 7.77. The van der Waals surface area contributed by atoms with Gasteiger partial charge in [0.2, 0.25) is 0 Å². The number of aldehydes is 1. The van der Waals surface area contributed by atoms with Crippen LogP contribution in [0.2, 0.25) is 0 Å². The van der Waals surface area contributed by atoms with E-state index in [1.54, 1.807) is 24.3 Å². The first-order valence-corrected chi connectivity index (χ1v) is 4.12. The van der Waals surface area contributed by atoms with Gasteiger partial charge in [-0.15, -0.1) is 0 Å². The summed E-state index contributed by atoms with van der Waals surface area (Å²) in [4.78, 5) is 20.9. The van der Waals surface area contributed by atoms with Crippen LogP contribution in [0.15, 0.2) is 24.3 Å². The third kappa shape index (κ3) is 2.67. The van der Waals surface area contributed by atoms with Crippen molar-refractivity contribution in [1.82, 2.24) is 0 Å². The maximum absolute atomic E-state index is 10.6. The van der Waals surface area contributed by atoms with Gasteiger partial charge in [-0.05, 0) is 17.7 Å². The van der Waals surface area contributed by atoms with E-state index in [2.05, 4.69) is 0 Å². The summed E-state index contributed by atoms with van der Waals surface area (Å²) in [5.74, 6) is 0.0665. The topological polar surface area (TPSA) is 69.4 Å². The zero-order valence-corrected chi connectivity index (χ0v) is 7.77. The molecular weight excluding hydrogens is 182 g/mol. The molecule has 0 saturated heterocycles. The summed E-state index contributed by atoms with van der Waals surface area (Å²) in [7, 11) is 0. The molecule has 2 N–H and O–H groups in total. The Morgan fingerprint density at radius 1 is 1.43 bits per heavy atom. The molecule has 0 fully saturated rings. The van der Waals surface area contributed by atoms with Gasteiger partial charge < -0.3 is 15.3 Å². The Morgan fingerprint density at radius 3 is 2.43 bits per heavy atom. The van der Waals surface area contributed by atoms with Crippen molar-refractivity contribution in [3.05, 3.63) is 29.8 Å². The van der Waals surface area contributed by atoms with Gasteiger partial charge in [0.05, 0.1) is 6.04 Å². The normalized spacial score (nSPS) is 11.9. The minimum atomic E-state index is -0.624. The largest absolute Gasteiger partial charge is 0.427 e. The highest BCUT2D eigenvalue weighted by Crippen LogP contribution is 2.15. The average Bonchev–Trinajstić information content (AvgIpc) is 2.17. The Labute approximate surface area is 81.7 Å². The highest BCUT2D eigenvalue weighted by Gasteiger charge is 2.04. The van der Waals surface area contributed by atoms with E-state index < -0.39 is 6.04 Å². The molecule has 1 aromatic rings. The van der Waals surface area contributed by atoms with E-state index in [9.17, 15) is 9.59 Å². The number of carbonyl (C=O) groups is 2. The first-order valence-electron chi connectivity index (χ1n) is 4.12. The Hall–Kier alpha value is -1.68. The lowest BCUT2D eigenvalue weighted by atomic mass is 10.1. The molecular formula is C10H11NO3. The van der Waals surface area contributed by atoms with Crippen LogP contribution in [0.5, 0.6) is 5.75 Å². The molecule has 1 atom stereocenters. The summed E-state index contributed by atoms with van der Waals surface area (Å²) in [5, 5.41) is 0. The highest BCUT2D eigenvalue weighted by molar-refractivity contribution is 5.69. The lowest BCUT2D eigenvalue weighted by Crippen LogP contribution is -2.11. The molecule has 4 nitrogen and oxygen atoms in total. The Balaban J connectivity index is 2.78. The SMILES string of the molecule is CC(=O)Oc1ccc(C(N)C=O)cc1. The number of ether oxygens (including phenoxy) is 1. The third-order valence-electron chi connectivity index (χ3n) is 1.67. The van der Waals surface area contributed by atoms with E-state index in [-0.39, 0.29) is 5.97 Å². The zero-order chi connectivity index (χ0) is 10.6. The molecule has 0 saturated carbocycles. The van der Waals surface area contributed by atoms with Crippen LogP contribution >= 0.6 is 0 Å². The van der Waals surface area contributed by atoms with E-state index in [1.807, 2.05) is 0 Å². The summed E-state index contributed by atoms with van der Waals surface area (Å²) in [5.41, 5.74) is 6.16. The molecule has 1 rings (SSSR count). The standard InChI is InChI=1S/C10H11NO3/c1-7(13)14-9-4-2-8(3-5-9)10(11)6-12/h2-6,10H,11H2,1H3. The second-order valence-electron chi connectivity index (χ2n) is 2.82. The van der Waals surface area contributed by atoms with E-state index in [1.165, 1.54) is 6.92 Å². The Morgan fingerprint density at radius 2 is 2.00 bits per heavy atom. The molecule has 0 bridgehead atoms. The number of carbonyl (C=O) groups excluding carboxylic acids is 2. The molecule has 0 aliphatic heterocycles. The summed E-state index contributed by atoms with van der Waals surface area (Å²) >= 11 is 0. The monoisotopic (exact) mass is 193 g/mol. The molecule has 0 spiro atoms. The van der Waals surface area contributed by atoms with E-state index in [0.717, 1.165) is 0 Å². The quantitative estimate of drug-likeness (QED) is 0.438. The van der Waals surface area contributed by atoms with Crippen molar-refractivity contribution in [2.75, 3.05) is 0 Å². The number of nitrogens with two attached hydrogens (primary N) is 1. The van der Waals surface area contributed by atoms with Crippen molar-refractivity contribution in [3.63, 3.8) is 0 Å². The van der Waals surface area contributed by atoms with Gasteiger partial charge in [0, 0.05) is 6.92 Å². The van der Waals surface area contributed by atoms with Gasteiger partial charge in [-0.25, -0.2) is 0 Å². The van der Waals surface area contributed by atoms with Crippen molar-refractivity contribution in [2.24, 2.45) is 5.73 Å². The van der Waals surface area contributed by atoms with Gasteiger partial charge >= 0.3 is 5.97 Å². The first-order chi connectivity index (χ1) is 6.63. The molecule has 1 unspecified atom stereocenters. The molecule has 0 heterocycles. The first kappa shape index (κ1) is 10.4. The van der Waals surface area contributed by atoms with Gasteiger partial charge in [-0.1, -0.05) is 12.1 Å². The van der Waals surface area contributed by atoms with Crippen LogP contribution in [-0.2, 0) is 9.59 Å². The van der Waals surface area contributed by atoms with Crippen molar-refractivity contribution < 1.29 is 14.3 Å². The van der Waals surface area contributed by atoms with Gasteiger partial charge in [-0.2, -0.15) is 0 Å². The van der Waals surface area contributed by atoms with E-state index >= 15 is 0 Å². The maximum Gasteiger partial charge on any atom is 0.308 e. The fourth-order valence-corrected chi connectivity index (χ4v) is 1.00. The van der Waals surface area contributed by atoms with Crippen LogP contribution in [0.3, 0.4) is 0 Å². The molecule has 74 valence electrons. The molecule has 0 aromatic heterocycles. The average molecular weight is 193 g/mol. The predicted molar refractivity (Wildman–Crippen MR) is 50.7 cm³/mol.